The summed E-state index contributed by atoms with van der Waals surface area (Å²) in [5.41, 5.74) is 2.85. The molecule has 3 nitrogen and oxygen atoms in total. The third-order valence-electron chi connectivity index (χ3n) is 6.39. The smallest absolute Gasteiger partial charge is 0.406 e. The highest BCUT2D eigenvalue weighted by atomic mass is 19.4. The molecule has 0 radical (unpaired) electrons. The van der Waals surface area contributed by atoms with Crippen molar-refractivity contribution in [2.75, 3.05) is 0 Å². The number of hydrogen-bond acceptors (Lipinski definition) is 3. The van der Waals surface area contributed by atoms with Crippen LogP contribution in [0, 0.1) is 11.8 Å². The van der Waals surface area contributed by atoms with Crippen LogP contribution in [0.2, 0.25) is 0 Å². The van der Waals surface area contributed by atoms with E-state index in [4.69, 9.17) is 0 Å². The monoisotopic (exact) mass is 435 g/mol. The van der Waals surface area contributed by atoms with Crippen molar-refractivity contribution < 1.29 is 27.1 Å². The second-order valence-electron chi connectivity index (χ2n) is 8.52. The molecule has 1 aliphatic heterocycles. The third kappa shape index (κ3) is 4.92. The molecule has 0 aromatic heterocycles. The predicted octanol–water partition coefficient (Wildman–Crippen LogP) is 5.53. The number of hydrogen-bond donors (Lipinski definition) is 1. The number of ketones is 1. The molecule has 0 bridgehead atoms. The molecule has 0 spiro atoms. The Kier molecular flexibility index (Phi) is 6.06. The number of Topliss-reactive ketones (excluding diaryl/α,β-unsaturated/α-hetero) is 1. The van der Waals surface area contributed by atoms with Crippen LogP contribution in [0.1, 0.15) is 48.9 Å². The van der Waals surface area contributed by atoms with Gasteiger partial charge in [0.2, 0.25) is 0 Å². The number of fused-ring (bicyclic) bond motifs is 1. The van der Waals surface area contributed by atoms with Crippen molar-refractivity contribution >= 4 is 5.78 Å². The summed E-state index contributed by atoms with van der Waals surface area (Å²) in [6.45, 7) is 1.86. The van der Waals surface area contributed by atoms with Crippen molar-refractivity contribution in [1.82, 2.24) is 5.32 Å². The molecule has 7 heteroatoms. The standard InChI is InChI=1S/C24H25F4NO2/c1-14-22(29-20-4-2-3-19(25)21(20)23(14)30)17-9-5-15(6-10-17)13-16-7-11-18(12-8-16)31-24(26,27)28/h5-12,14,19-22,29H,2-4,13H2,1H3. The lowest BCUT2D eigenvalue weighted by Gasteiger charge is -2.44. The average molecular weight is 435 g/mol. The molecule has 5 atom stereocenters. The summed E-state index contributed by atoms with van der Waals surface area (Å²) in [4.78, 5) is 12.8. The van der Waals surface area contributed by atoms with E-state index in [1.807, 2.05) is 31.2 Å². The Morgan fingerprint density at radius 2 is 1.61 bits per heavy atom. The first-order valence-corrected chi connectivity index (χ1v) is 10.6. The quantitative estimate of drug-likeness (QED) is 0.642. The van der Waals surface area contributed by atoms with E-state index in [1.165, 1.54) is 12.1 Å². The van der Waals surface area contributed by atoms with E-state index in [0.29, 0.717) is 12.8 Å². The van der Waals surface area contributed by atoms with Crippen molar-refractivity contribution in [3.05, 3.63) is 65.2 Å². The minimum Gasteiger partial charge on any atom is -0.406 e. The summed E-state index contributed by atoms with van der Waals surface area (Å²) in [6, 6.07) is 13.4. The van der Waals surface area contributed by atoms with Gasteiger partial charge in [0.05, 0.1) is 5.92 Å². The van der Waals surface area contributed by atoms with Gasteiger partial charge in [0.15, 0.2) is 0 Å². The van der Waals surface area contributed by atoms with Crippen LogP contribution in [0.4, 0.5) is 17.6 Å². The second-order valence-corrected chi connectivity index (χ2v) is 8.52. The second kappa shape index (κ2) is 8.61. The first-order valence-electron chi connectivity index (χ1n) is 10.6. The summed E-state index contributed by atoms with van der Waals surface area (Å²) in [5, 5.41) is 3.51. The minimum absolute atomic E-state index is 0.00573. The van der Waals surface area contributed by atoms with Gasteiger partial charge in [-0.1, -0.05) is 43.3 Å². The molecule has 5 unspecified atom stereocenters. The fourth-order valence-corrected chi connectivity index (χ4v) is 4.82. The molecule has 166 valence electrons. The maximum atomic E-state index is 14.3. The normalized spacial score (nSPS) is 28.8. The molecule has 0 amide bonds. The maximum Gasteiger partial charge on any atom is 0.573 e. The Bertz CT molecular complexity index is 911. The first kappa shape index (κ1) is 21.8. The van der Waals surface area contributed by atoms with Crippen molar-refractivity contribution in [1.29, 1.82) is 0 Å². The highest BCUT2D eigenvalue weighted by Gasteiger charge is 2.47. The third-order valence-corrected chi connectivity index (χ3v) is 6.39. The fraction of sp³-hybridized carbons (Fsp3) is 0.458. The van der Waals surface area contributed by atoms with E-state index < -0.39 is 18.5 Å². The lowest BCUT2D eigenvalue weighted by Crippen LogP contribution is -2.56. The highest BCUT2D eigenvalue weighted by Crippen LogP contribution is 2.39. The molecule has 1 heterocycles. The molecule has 2 aromatic rings. The zero-order valence-corrected chi connectivity index (χ0v) is 17.2. The number of nitrogens with one attached hydrogen (secondary N) is 1. The van der Waals surface area contributed by atoms with Gasteiger partial charge in [0, 0.05) is 18.0 Å². The Hall–Kier alpha value is -2.41. The average Bonchev–Trinajstić information content (AvgIpc) is 2.72. The number of carbonyl (C=O) groups excluding carboxylic acids is 1. The highest BCUT2D eigenvalue weighted by molar-refractivity contribution is 5.86. The topological polar surface area (TPSA) is 38.3 Å². The van der Waals surface area contributed by atoms with Crippen LogP contribution in [0.5, 0.6) is 5.75 Å². The number of carbonyl (C=O) groups is 1. The van der Waals surface area contributed by atoms with Gasteiger partial charge in [-0.2, -0.15) is 0 Å². The number of ether oxygens (including phenoxy) is 1. The van der Waals surface area contributed by atoms with Crippen LogP contribution in [0.15, 0.2) is 48.5 Å². The number of alkyl halides is 4. The van der Waals surface area contributed by atoms with E-state index in [-0.39, 0.29) is 29.5 Å². The SMILES string of the molecule is CC1C(=O)C2C(F)CCCC2NC1c1ccc(Cc2ccc(OC(F)(F)F)cc2)cc1. The zero-order chi connectivity index (χ0) is 22.2. The molecule has 1 N–H and O–H groups in total. The largest absolute Gasteiger partial charge is 0.573 e. The number of halogens is 4. The van der Waals surface area contributed by atoms with E-state index in [0.717, 1.165) is 29.5 Å². The summed E-state index contributed by atoms with van der Waals surface area (Å²) in [6.07, 6.45) is -3.14. The zero-order valence-electron chi connectivity index (χ0n) is 17.2. The van der Waals surface area contributed by atoms with Crippen LogP contribution < -0.4 is 10.1 Å². The Morgan fingerprint density at radius 3 is 2.23 bits per heavy atom. The molecule has 4 rings (SSSR count). The molecule has 31 heavy (non-hydrogen) atoms. The van der Waals surface area contributed by atoms with E-state index >= 15 is 0 Å². The molecule has 1 saturated carbocycles. The lowest BCUT2D eigenvalue weighted by molar-refractivity contribution is -0.274. The summed E-state index contributed by atoms with van der Waals surface area (Å²) in [5.74, 6) is -1.08. The van der Waals surface area contributed by atoms with E-state index in [2.05, 4.69) is 10.1 Å². The van der Waals surface area contributed by atoms with Crippen LogP contribution in [-0.2, 0) is 11.2 Å². The summed E-state index contributed by atoms with van der Waals surface area (Å²) in [7, 11) is 0. The maximum absolute atomic E-state index is 14.3. The number of piperidine rings is 1. The van der Waals surface area contributed by atoms with Crippen molar-refractivity contribution in [2.45, 2.75) is 57.2 Å². The lowest BCUT2D eigenvalue weighted by atomic mass is 9.71. The van der Waals surface area contributed by atoms with Gasteiger partial charge in [-0.3, -0.25) is 4.79 Å². The van der Waals surface area contributed by atoms with Crippen molar-refractivity contribution in [2.24, 2.45) is 11.8 Å². The minimum atomic E-state index is -4.70. The summed E-state index contributed by atoms with van der Waals surface area (Å²) < 4.78 is 55.0. The molecule has 1 saturated heterocycles. The number of benzene rings is 2. The Labute approximate surface area is 178 Å². The molecule has 2 aromatic carbocycles. The van der Waals surface area contributed by atoms with Gasteiger partial charge in [0.25, 0.3) is 0 Å². The van der Waals surface area contributed by atoms with E-state index in [9.17, 15) is 22.4 Å². The first-order chi connectivity index (χ1) is 14.7. The molecule has 2 aliphatic rings. The predicted molar refractivity (Wildman–Crippen MR) is 108 cm³/mol. The van der Waals surface area contributed by atoms with Gasteiger partial charge in [-0.15, -0.1) is 13.2 Å². The van der Waals surface area contributed by atoms with Crippen LogP contribution >= 0.6 is 0 Å². The Balaban J connectivity index is 1.43. The molecular weight excluding hydrogens is 410 g/mol. The van der Waals surface area contributed by atoms with Crippen LogP contribution in [0.25, 0.3) is 0 Å². The van der Waals surface area contributed by atoms with Crippen molar-refractivity contribution in [3.63, 3.8) is 0 Å². The fourth-order valence-electron chi connectivity index (χ4n) is 4.82. The molecule has 2 fully saturated rings. The van der Waals surface area contributed by atoms with Gasteiger partial charge < -0.3 is 10.1 Å². The van der Waals surface area contributed by atoms with Gasteiger partial charge in [-0.25, -0.2) is 4.39 Å². The van der Waals surface area contributed by atoms with Gasteiger partial charge >= 0.3 is 6.36 Å². The van der Waals surface area contributed by atoms with Gasteiger partial charge in [-0.05, 0) is 54.5 Å². The van der Waals surface area contributed by atoms with Crippen LogP contribution in [-0.4, -0.2) is 24.4 Å². The Morgan fingerprint density at radius 1 is 1.00 bits per heavy atom. The van der Waals surface area contributed by atoms with Crippen molar-refractivity contribution in [3.8, 4) is 5.75 Å². The molecular formula is C24H25F4NO2. The van der Waals surface area contributed by atoms with E-state index in [1.54, 1.807) is 12.1 Å². The molecule has 1 aliphatic carbocycles. The van der Waals surface area contributed by atoms with Crippen LogP contribution in [0.3, 0.4) is 0 Å². The summed E-state index contributed by atoms with van der Waals surface area (Å²) >= 11 is 0. The van der Waals surface area contributed by atoms with Gasteiger partial charge in [0.1, 0.15) is 17.7 Å². The number of rotatable bonds is 4.